The average Bonchev–Trinajstić information content (AvgIpc) is 3.55. The van der Waals surface area contributed by atoms with Gasteiger partial charge >= 0.3 is 0 Å². The molecular formula is C24H25N5O5S. The predicted molar refractivity (Wildman–Crippen MR) is 128 cm³/mol. The number of anilines is 1. The Hall–Kier alpha value is -3.47. The van der Waals surface area contributed by atoms with E-state index in [1.165, 1.54) is 4.90 Å². The molecule has 2 amide bonds. The Kier molecular flexibility index (Phi) is 4.89. The summed E-state index contributed by atoms with van der Waals surface area (Å²) in [7, 11) is -3.13. The highest BCUT2D eigenvalue weighted by atomic mass is 32.2. The van der Waals surface area contributed by atoms with Crippen molar-refractivity contribution >= 4 is 38.4 Å². The minimum atomic E-state index is -3.13. The Morgan fingerprint density at radius 1 is 1.17 bits per heavy atom. The summed E-state index contributed by atoms with van der Waals surface area (Å²) in [5, 5.41) is 5.25. The fraction of sp³-hybridized carbons (Fsp3) is 0.417. The number of hydrogen-bond donors (Lipinski definition) is 1. The molecule has 0 spiro atoms. The molecule has 6 rings (SSSR count). The number of nitrogens with two attached hydrogens (primary N) is 1. The van der Waals surface area contributed by atoms with Crippen LogP contribution in [-0.2, 0) is 14.6 Å². The Bertz CT molecular complexity index is 1490. The van der Waals surface area contributed by atoms with Gasteiger partial charge in [0.1, 0.15) is 5.75 Å². The van der Waals surface area contributed by atoms with E-state index in [4.69, 9.17) is 15.5 Å². The third-order valence-corrected chi connectivity index (χ3v) is 8.72. The van der Waals surface area contributed by atoms with E-state index in [1.54, 1.807) is 35.9 Å². The molecule has 1 saturated heterocycles. The standard InChI is InChI=1S/C24H25N5O5S/c1-13-21-16(24(31)28-11-20(22(25)30)34-19-5-3-2-4-18(19)28)10-17(14-6-7-14)26-23(21)29(27-13)15-8-9-35(32,33)12-15/h2-5,10,14-15,20H,6-9,11-12H2,1H3,(H2,25,30)/t15-,20-/m0/s1. The lowest BCUT2D eigenvalue weighted by Gasteiger charge is -2.33. The van der Waals surface area contributed by atoms with Crippen molar-refractivity contribution in [2.75, 3.05) is 23.0 Å². The number of aromatic nitrogens is 3. The maximum atomic E-state index is 14.1. The summed E-state index contributed by atoms with van der Waals surface area (Å²) in [6.45, 7) is 1.79. The van der Waals surface area contributed by atoms with Gasteiger partial charge in [-0.25, -0.2) is 18.1 Å². The molecule has 2 atom stereocenters. The zero-order chi connectivity index (χ0) is 24.5. The van der Waals surface area contributed by atoms with Crippen molar-refractivity contribution in [3.05, 3.63) is 47.3 Å². The van der Waals surface area contributed by atoms with Gasteiger partial charge in [-0.2, -0.15) is 5.10 Å². The van der Waals surface area contributed by atoms with Crippen LogP contribution in [0.4, 0.5) is 5.69 Å². The van der Waals surface area contributed by atoms with Crippen LogP contribution in [-0.4, -0.2) is 59.2 Å². The molecule has 3 aliphatic rings. The van der Waals surface area contributed by atoms with Gasteiger partial charge in [-0.15, -0.1) is 0 Å². The summed E-state index contributed by atoms with van der Waals surface area (Å²) in [6, 6.07) is 8.55. The van der Waals surface area contributed by atoms with E-state index < -0.39 is 21.8 Å². The van der Waals surface area contributed by atoms with Gasteiger partial charge in [0, 0.05) is 11.6 Å². The van der Waals surface area contributed by atoms with Crippen molar-refractivity contribution in [1.29, 1.82) is 0 Å². The van der Waals surface area contributed by atoms with Crippen LogP contribution in [0.3, 0.4) is 0 Å². The van der Waals surface area contributed by atoms with Crippen molar-refractivity contribution in [3.8, 4) is 5.75 Å². The minimum absolute atomic E-state index is 0.0121. The monoisotopic (exact) mass is 495 g/mol. The number of carbonyl (C=O) groups excluding carboxylic acids is 2. The first-order chi connectivity index (χ1) is 16.7. The van der Waals surface area contributed by atoms with Crippen molar-refractivity contribution in [3.63, 3.8) is 0 Å². The summed E-state index contributed by atoms with van der Waals surface area (Å²) in [5.41, 5.74) is 8.46. The van der Waals surface area contributed by atoms with Crippen LogP contribution in [0.1, 0.15) is 53.0 Å². The van der Waals surface area contributed by atoms with Crippen LogP contribution in [0, 0.1) is 6.92 Å². The number of aryl methyl sites for hydroxylation is 1. The summed E-state index contributed by atoms with van der Waals surface area (Å²) in [4.78, 5) is 32.4. The molecule has 1 saturated carbocycles. The molecular weight excluding hydrogens is 470 g/mol. The second-order valence-electron chi connectivity index (χ2n) is 9.55. The molecule has 1 aliphatic carbocycles. The lowest BCUT2D eigenvalue weighted by Crippen LogP contribution is -2.49. The van der Waals surface area contributed by atoms with Crippen molar-refractivity contribution < 1.29 is 22.7 Å². The van der Waals surface area contributed by atoms with Crippen LogP contribution in [0.2, 0.25) is 0 Å². The molecule has 182 valence electrons. The van der Waals surface area contributed by atoms with E-state index in [9.17, 15) is 18.0 Å². The first kappa shape index (κ1) is 22.0. The fourth-order valence-corrected chi connectivity index (χ4v) is 6.72. The van der Waals surface area contributed by atoms with Gasteiger partial charge in [0.2, 0.25) is 0 Å². The lowest BCUT2D eigenvalue weighted by atomic mass is 10.0. The normalized spacial score (nSPS) is 23.2. The Morgan fingerprint density at radius 2 is 1.94 bits per heavy atom. The van der Waals surface area contributed by atoms with Crippen LogP contribution in [0.5, 0.6) is 5.75 Å². The summed E-state index contributed by atoms with van der Waals surface area (Å²) in [6.07, 6.45) is 1.47. The maximum absolute atomic E-state index is 14.1. The quantitative estimate of drug-likeness (QED) is 0.583. The number of benzene rings is 1. The lowest BCUT2D eigenvalue weighted by molar-refractivity contribution is -0.124. The molecule has 2 aromatic heterocycles. The Balaban J connectivity index is 1.50. The van der Waals surface area contributed by atoms with E-state index >= 15 is 0 Å². The van der Waals surface area contributed by atoms with E-state index in [-0.39, 0.29) is 35.9 Å². The first-order valence-corrected chi connectivity index (χ1v) is 13.5. The Morgan fingerprint density at radius 3 is 2.63 bits per heavy atom. The zero-order valence-corrected chi connectivity index (χ0v) is 20.0. The average molecular weight is 496 g/mol. The number of sulfone groups is 1. The number of pyridine rings is 1. The second kappa shape index (κ2) is 7.77. The largest absolute Gasteiger partial charge is 0.477 e. The number of hydrogen-bond acceptors (Lipinski definition) is 7. The molecule has 1 aromatic carbocycles. The highest BCUT2D eigenvalue weighted by Crippen LogP contribution is 2.42. The SMILES string of the molecule is Cc1nn([C@H]2CCS(=O)(=O)C2)c2nc(C3CC3)cc(C(=O)N3C[C@@H](C(N)=O)Oc4ccccc43)c12. The smallest absolute Gasteiger partial charge is 0.260 e. The predicted octanol–water partition coefficient (Wildman–Crippen LogP) is 1.87. The van der Waals surface area contributed by atoms with Crippen LogP contribution < -0.4 is 15.4 Å². The zero-order valence-electron chi connectivity index (χ0n) is 19.2. The third kappa shape index (κ3) is 3.74. The van der Waals surface area contributed by atoms with E-state index in [0.29, 0.717) is 40.1 Å². The van der Waals surface area contributed by atoms with Crippen LogP contribution >= 0.6 is 0 Å². The first-order valence-electron chi connectivity index (χ1n) is 11.7. The highest BCUT2D eigenvalue weighted by Gasteiger charge is 2.37. The molecule has 0 radical (unpaired) electrons. The number of amides is 2. The van der Waals surface area contributed by atoms with Gasteiger partial charge in [-0.3, -0.25) is 9.59 Å². The number of nitrogens with zero attached hydrogens (tertiary/aromatic N) is 4. The number of rotatable bonds is 4. The highest BCUT2D eigenvalue weighted by molar-refractivity contribution is 7.91. The number of primary amides is 1. The number of fused-ring (bicyclic) bond motifs is 2. The molecule has 4 heterocycles. The van der Waals surface area contributed by atoms with Crippen molar-refractivity contribution in [1.82, 2.24) is 14.8 Å². The van der Waals surface area contributed by atoms with Gasteiger partial charge in [0.05, 0.1) is 46.4 Å². The van der Waals surface area contributed by atoms with E-state index in [2.05, 4.69) is 5.10 Å². The topological polar surface area (TPSA) is 137 Å². The van der Waals surface area contributed by atoms with Gasteiger partial charge in [-0.1, -0.05) is 12.1 Å². The molecule has 0 bridgehead atoms. The number of ether oxygens (including phenoxy) is 1. The third-order valence-electron chi connectivity index (χ3n) is 6.97. The van der Waals surface area contributed by atoms with Crippen LogP contribution in [0.15, 0.2) is 30.3 Å². The summed E-state index contributed by atoms with van der Waals surface area (Å²) < 4.78 is 31.7. The van der Waals surface area contributed by atoms with Gasteiger partial charge in [0.15, 0.2) is 21.6 Å². The van der Waals surface area contributed by atoms with E-state index in [1.807, 2.05) is 6.07 Å². The summed E-state index contributed by atoms with van der Waals surface area (Å²) >= 11 is 0. The fourth-order valence-electron chi connectivity index (χ4n) is 5.03. The second-order valence-corrected chi connectivity index (χ2v) is 11.8. The maximum Gasteiger partial charge on any atom is 0.260 e. The molecule has 2 aliphatic heterocycles. The van der Waals surface area contributed by atoms with Crippen molar-refractivity contribution in [2.45, 2.75) is 44.2 Å². The van der Waals surface area contributed by atoms with Gasteiger partial charge in [0.25, 0.3) is 11.8 Å². The molecule has 2 fully saturated rings. The Labute approximate surface area is 202 Å². The van der Waals surface area contributed by atoms with Crippen LogP contribution in [0.25, 0.3) is 11.0 Å². The summed E-state index contributed by atoms with van der Waals surface area (Å²) in [5.74, 6) is -0.153. The minimum Gasteiger partial charge on any atom is -0.477 e. The molecule has 3 aromatic rings. The molecule has 11 heteroatoms. The number of para-hydroxylation sites is 2. The van der Waals surface area contributed by atoms with E-state index in [0.717, 1.165) is 18.5 Å². The molecule has 35 heavy (non-hydrogen) atoms. The molecule has 10 nitrogen and oxygen atoms in total. The molecule has 0 unspecified atom stereocenters. The number of carbonyl (C=O) groups is 2. The van der Waals surface area contributed by atoms with Crippen molar-refractivity contribution in [2.24, 2.45) is 5.73 Å². The molecule has 2 N–H and O–H groups in total. The van der Waals surface area contributed by atoms with Gasteiger partial charge < -0.3 is 15.4 Å². The van der Waals surface area contributed by atoms with Gasteiger partial charge in [-0.05, 0) is 44.4 Å².